The number of rotatable bonds is 4. The number of benzene rings is 1. The van der Waals surface area contributed by atoms with E-state index in [0.29, 0.717) is 6.04 Å². The molecule has 4 nitrogen and oxygen atoms in total. The Kier molecular flexibility index (Phi) is 3.01. The monoisotopic (exact) mass is 240 g/mol. The minimum atomic E-state index is -0.476. The molecular weight excluding hydrogens is 228 g/mol. The van der Waals surface area contributed by atoms with Crippen molar-refractivity contribution in [2.75, 3.05) is 5.32 Å². The van der Waals surface area contributed by atoms with Crippen LogP contribution in [0.5, 0.6) is 0 Å². The molecule has 0 heterocycles. The van der Waals surface area contributed by atoms with E-state index in [-0.39, 0.29) is 10.7 Å². The number of nitrogens with zero attached hydrogens (tertiary/aromatic N) is 1. The molecule has 1 saturated carbocycles. The van der Waals surface area contributed by atoms with Crippen LogP contribution in [-0.4, -0.2) is 11.0 Å². The quantitative estimate of drug-likeness (QED) is 0.648. The third-order valence-corrected chi connectivity index (χ3v) is 3.17. The molecule has 5 heteroatoms. The molecule has 0 amide bonds. The first-order valence-electron chi connectivity index (χ1n) is 5.28. The van der Waals surface area contributed by atoms with Crippen molar-refractivity contribution < 1.29 is 4.92 Å². The van der Waals surface area contributed by atoms with Gasteiger partial charge >= 0.3 is 0 Å². The largest absolute Gasteiger partial charge is 0.382 e. The van der Waals surface area contributed by atoms with Gasteiger partial charge < -0.3 is 5.32 Å². The molecule has 16 heavy (non-hydrogen) atoms. The molecule has 1 aromatic carbocycles. The van der Waals surface area contributed by atoms with Crippen molar-refractivity contribution in [3.63, 3.8) is 0 Å². The van der Waals surface area contributed by atoms with Gasteiger partial charge in [0.1, 0.15) is 5.02 Å². The summed E-state index contributed by atoms with van der Waals surface area (Å²) >= 11 is 5.82. The Morgan fingerprint density at radius 3 is 2.75 bits per heavy atom. The lowest BCUT2D eigenvalue weighted by Crippen LogP contribution is -2.17. The molecule has 2 rings (SSSR count). The Labute approximate surface area is 98.8 Å². The van der Waals surface area contributed by atoms with Gasteiger partial charge in [-0.1, -0.05) is 11.6 Å². The van der Waals surface area contributed by atoms with Crippen molar-refractivity contribution in [1.29, 1.82) is 0 Å². The lowest BCUT2D eigenvalue weighted by Gasteiger charge is -2.14. The fourth-order valence-corrected chi connectivity index (χ4v) is 1.97. The number of anilines is 1. The zero-order chi connectivity index (χ0) is 11.7. The Morgan fingerprint density at radius 2 is 2.25 bits per heavy atom. The predicted octanol–water partition coefficient (Wildman–Crippen LogP) is 3.46. The van der Waals surface area contributed by atoms with Crippen LogP contribution in [-0.2, 0) is 0 Å². The molecule has 1 aromatic rings. The van der Waals surface area contributed by atoms with Crippen LogP contribution in [0.2, 0.25) is 5.02 Å². The molecule has 1 aliphatic carbocycles. The smallest absolute Gasteiger partial charge is 0.288 e. The molecule has 1 N–H and O–H groups in total. The van der Waals surface area contributed by atoms with Crippen LogP contribution in [0.15, 0.2) is 18.2 Å². The Bertz CT molecular complexity index is 418. The van der Waals surface area contributed by atoms with Crippen LogP contribution in [0.3, 0.4) is 0 Å². The summed E-state index contributed by atoms with van der Waals surface area (Å²) in [5.74, 6) is 0.731. The zero-order valence-electron chi connectivity index (χ0n) is 8.94. The van der Waals surface area contributed by atoms with E-state index in [1.165, 1.54) is 18.9 Å². The summed E-state index contributed by atoms with van der Waals surface area (Å²) in [6.07, 6.45) is 2.52. The summed E-state index contributed by atoms with van der Waals surface area (Å²) in [5, 5.41) is 14.1. The summed E-state index contributed by atoms with van der Waals surface area (Å²) in [6, 6.07) is 5.14. The fourth-order valence-electron chi connectivity index (χ4n) is 1.72. The Balaban J connectivity index is 2.10. The lowest BCUT2D eigenvalue weighted by molar-refractivity contribution is -0.384. The van der Waals surface area contributed by atoms with E-state index < -0.39 is 4.92 Å². The normalized spacial score (nSPS) is 16.9. The van der Waals surface area contributed by atoms with Crippen LogP contribution >= 0.6 is 11.6 Å². The average Bonchev–Trinajstić information content (AvgIpc) is 2.99. The van der Waals surface area contributed by atoms with Gasteiger partial charge in [0.05, 0.1) is 4.92 Å². The van der Waals surface area contributed by atoms with E-state index in [4.69, 9.17) is 11.6 Å². The van der Waals surface area contributed by atoms with E-state index >= 15 is 0 Å². The second-order valence-corrected chi connectivity index (χ2v) is 4.60. The van der Waals surface area contributed by atoms with E-state index in [0.717, 1.165) is 11.6 Å². The zero-order valence-corrected chi connectivity index (χ0v) is 9.70. The van der Waals surface area contributed by atoms with Gasteiger partial charge in [0, 0.05) is 17.8 Å². The van der Waals surface area contributed by atoms with Crippen LogP contribution in [0.4, 0.5) is 11.4 Å². The molecule has 1 atom stereocenters. The van der Waals surface area contributed by atoms with Crippen LogP contribution in [0.25, 0.3) is 0 Å². The summed E-state index contributed by atoms with van der Waals surface area (Å²) in [6.45, 7) is 2.12. The van der Waals surface area contributed by atoms with Crippen molar-refractivity contribution in [3.8, 4) is 0 Å². The van der Waals surface area contributed by atoms with Crippen LogP contribution in [0, 0.1) is 16.0 Å². The molecule has 0 spiro atoms. The first-order valence-corrected chi connectivity index (χ1v) is 5.66. The molecule has 0 bridgehead atoms. The Hall–Kier alpha value is -1.29. The van der Waals surface area contributed by atoms with Gasteiger partial charge in [-0.3, -0.25) is 10.1 Å². The standard InChI is InChI=1S/C11H13ClN2O2/c1-7(8-2-3-8)13-9-4-5-11(14(15)16)10(12)6-9/h4-8,13H,2-3H2,1H3. The third kappa shape index (κ3) is 2.44. The van der Waals surface area contributed by atoms with Crippen LogP contribution in [0.1, 0.15) is 19.8 Å². The lowest BCUT2D eigenvalue weighted by atomic mass is 10.2. The molecular formula is C11H13ClN2O2. The van der Waals surface area contributed by atoms with Crippen molar-refractivity contribution in [2.24, 2.45) is 5.92 Å². The number of nitro benzene ring substituents is 1. The minimum absolute atomic E-state index is 0.0497. The first kappa shape index (κ1) is 11.2. The molecule has 0 radical (unpaired) electrons. The SMILES string of the molecule is CC(Nc1ccc([N+](=O)[O-])c(Cl)c1)C1CC1. The average molecular weight is 241 g/mol. The highest BCUT2D eigenvalue weighted by Gasteiger charge is 2.27. The van der Waals surface area contributed by atoms with E-state index in [1.807, 2.05) is 0 Å². The van der Waals surface area contributed by atoms with E-state index in [1.54, 1.807) is 12.1 Å². The maximum Gasteiger partial charge on any atom is 0.288 e. The maximum atomic E-state index is 10.6. The van der Waals surface area contributed by atoms with E-state index in [2.05, 4.69) is 12.2 Å². The van der Waals surface area contributed by atoms with Gasteiger partial charge in [0.15, 0.2) is 0 Å². The van der Waals surface area contributed by atoms with Gasteiger partial charge in [0.2, 0.25) is 0 Å². The first-order chi connectivity index (χ1) is 7.58. The van der Waals surface area contributed by atoms with Gasteiger partial charge in [0.25, 0.3) is 5.69 Å². The van der Waals surface area contributed by atoms with E-state index in [9.17, 15) is 10.1 Å². The third-order valence-electron chi connectivity index (χ3n) is 2.87. The number of hydrogen-bond acceptors (Lipinski definition) is 3. The van der Waals surface area contributed by atoms with Gasteiger partial charge in [-0.25, -0.2) is 0 Å². The van der Waals surface area contributed by atoms with Crippen molar-refractivity contribution in [3.05, 3.63) is 33.3 Å². The summed E-state index contributed by atoms with van der Waals surface area (Å²) in [7, 11) is 0. The van der Waals surface area contributed by atoms with Gasteiger partial charge in [-0.2, -0.15) is 0 Å². The van der Waals surface area contributed by atoms with Gasteiger partial charge in [-0.15, -0.1) is 0 Å². The highest BCUT2D eigenvalue weighted by atomic mass is 35.5. The van der Waals surface area contributed by atoms with Gasteiger partial charge in [-0.05, 0) is 37.8 Å². The molecule has 1 fully saturated rings. The maximum absolute atomic E-state index is 10.6. The van der Waals surface area contributed by atoms with Crippen molar-refractivity contribution >= 4 is 23.0 Å². The highest BCUT2D eigenvalue weighted by molar-refractivity contribution is 6.32. The number of nitro groups is 1. The minimum Gasteiger partial charge on any atom is -0.382 e. The molecule has 0 aliphatic heterocycles. The summed E-state index contributed by atoms with van der Waals surface area (Å²) in [5.41, 5.74) is 0.793. The molecule has 86 valence electrons. The Morgan fingerprint density at radius 1 is 1.56 bits per heavy atom. The van der Waals surface area contributed by atoms with Crippen molar-refractivity contribution in [2.45, 2.75) is 25.8 Å². The topological polar surface area (TPSA) is 55.2 Å². The highest BCUT2D eigenvalue weighted by Crippen LogP contribution is 2.35. The molecule has 1 unspecified atom stereocenters. The second-order valence-electron chi connectivity index (χ2n) is 4.19. The summed E-state index contributed by atoms with van der Waals surface area (Å²) in [4.78, 5) is 10.1. The second kappa shape index (κ2) is 4.29. The van der Waals surface area contributed by atoms with Crippen molar-refractivity contribution in [1.82, 2.24) is 0 Å². The number of hydrogen-bond donors (Lipinski definition) is 1. The number of halogens is 1. The molecule has 1 aliphatic rings. The predicted molar refractivity (Wildman–Crippen MR) is 63.9 cm³/mol. The molecule has 0 saturated heterocycles. The fraction of sp³-hybridized carbons (Fsp3) is 0.455. The van der Waals surface area contributed by atoms with Crippen LogP contribution < -0.4 is 5.32 Å². The summed E-state index contributed by atoms with van der Waals surface area (Å²) < 4.78 is 0. The number of nitrogens with one attached hydrogen (secondary N) is 1. The molecule has 0 aromatic heterocycles.